The number of epoxide rings is 1. The summed E-state index contributed by atoms with van der Waals surface area (Å²) in [6.45, 7) is 9.45. The first-order chi connectivity index (χ1) is 9.09. The van der Waals surface area contributed by atoms with Gasteiger partial charge in [-0.05, 0) is 51.4 Å². The molecular weight excluding hydrogens is 232 g/mol. The summed E-state index contributed by atoms with van der Waals surface area (Å²) >= 11 is 0. The predicted octanol–water partition coefficient (Wildman–Crippen LogP) is 3.18. The summed E-state index contributed by atoms with van der Waals surface area (Å²) in [7, 11) is 0. The van der Waals surface area contributed by atoms with Gasteiger partial charge in [0.1, 0.15) is 11.2 Å². The summed E-state index contributed by atoms with van der Waals surface area (Å²) in [6, 6.07) is 0. The maximum absolute atomic E-state index is 6.67. The second-order valence-corrected chi connectivity index (χ2v) is 8.82. The van der Waals surface area contributed by atoms with Crippen molar-refractivity contribution in [2.24, 2.45) is 47.3 Å². The average Bonchev–Trinajstić information content (AvgIpc) is 2.44. The van der Waals surface area contributed by atoms with Crippen molar-refractivity contribution in [2.75, 3.05) is 0 Å². The lowest BCUT2D eigenvalue weighted by Crippen LogP contribution is -2.41. The second kappa shape index (κ2) is 2.01. The number of allylic oxidation sites excluding steroid dienone is 2. The van der Waals surface area contributed by atoms with Crippen LogP contribution in [0.1, 0.15) is 27.7 Å². The third kappa shape index (κ3) is 0.487. The first-order valence-corrected chi connectivity index (χ1v) is 8.13. The normalized spacial score (nSPS) is 73.3. The zero-order chi connectivity index (χ0) is 12.6. The van der Waals surface area contributed by atoms with Gasteiger partial charge in [-0.1, -0.05) is 22.3 Å². The Morgan fingerprint density at radius 2 is 1.00 bits per heavy atom. The topological polar surface area (TPSA) is 12.5 Å². The number of ether oxygens (including phenoxy) is 1. The van der Waals surface area contributed by atoms with Crippen LogP contribution in [0.4, 0.5) is 0 Å². The molecule has 1 heterocycles. The molecule has 0 amide bonds. The quantitative estimate of drug-likeness (QED) is 0.476. The Hall–Kier alpha value is -0.560. The van der Waals surface area contributed by atoms with E-state index < -0.39 is 0 Å². The molecule has 0 radical (unpaired) electrons. The van der Waals surface area contributed by atoms with Gasteiger partial charge in [0.25, 0.3) is 0 Å². The van der Waals surface area contributed by atoms with Gasteiger partial charge in [0.05, 0.1) is 0 Å². The van der Waals surface area contributed by atoms with Crippen molar-refractivity contribution in [3.63, 3.8) is 0 Å². The third-order valence-corrected chi connectivity index (χ3v) is 8.57. The maximum Gasteiger partial charge on any atom is 0.113 e. The van der Waals surface area contributed by atoms with E-state index in [2.05, 4.69) is 27.7 Å². The molecule has 1 nitrogen and oxygen atoms in total. The largest absolute Gasteiger partial charge is 0.360 e. The molecule has 7 aliphatic carbocycles. The van der Waals surface area contributed by atoms with E-state index in [1.807, 2.05) is 11.1 Å². The van der Waals surface area contributed by atoms with Crippen LogP contribution in [0.5, 0.6) is 0 Å². The van der Waals surface area contributed by atoms with Gasteiger partial charge in [0.2, 0.25) is 0 Å². The van der Waals surface area contributed by atoms with Crippen LogP contribution in [0, 0.1) is 47.3 Å². The highest BCUT2D eigenvalue weighted by atomic mass is 16.6. The Morgan fingerprint density at radius 3 is 1.26 bits per heavy atom. The molecule has 8 aliphatic rings. The van der Waals surface area contributed by atoms with E-state index in [4.69, 9.17) is 4.74 Å². The average molecular weight is 252 g/mol. The van der Waals surface area contributed by atoms with Crippen molar-refractivity contribution in [3.05, 3.63) is 22.3 Å². The Bertz CT molecular complexity index is 570. The highest BCUT2D eigenvalue weighted by molar-refractivity contribution is 5.68. The van der Waals surface area contributed by atoms with Gasteiger partial charge in [0.15, 0.2) is 0 Å². The number of hydrogen-bond acceptors (Lipinski definition) is 1. The van der Waals surface area contributed by atoms with Crippen molar-refractivity contribution in [1.29, 1.82) is 0 Å². The zero-order valence-corrected chi connectivity index (χ0v) is 12.0. The SMILES string of the molecule is CC(C)=C1[C@@H]2C3C4C5C3[C@@H]3C(=C(C)C)[C@@H]5C5(OC235)[C@H]14. The van der Waals surface area contributed by atoms with Crippen molar-refractivity contribution >= 4 is 0 Å². The fourth-order valence-electron chi connectivity index (χ4n) is 9.05. The summed E-state index contributed by atoms with van der Waals surface area (Å²) in [6.07, 6.45) is 0. The van der Waals surface area contributed by atoms with E-state index in [9.17, 15) is 0 Å². The minimum Gasteiger partial charge on any atom is -0.360 e. The molecule has 8 rings (SSSR count). The molecule has 4 bridgehead atoms. The fourth-order valence-corrected chi connectivity index (χ4v) is 9.05. The molecule has 0 aromatic heterocycles. The van der Waals surface area contributed by atoms with Crippen molar-refractivity contribution in [3.8, 4) is 0 Å². The highest BCUT2D eigenvalue weighted by Crippen LogP contribution is 3.03. The Balaban J connectivity index is 1.65. The third-order valence-electron chi connectivity index (χ3n) is 8.57. The van der Waals surface area contributed by atoms with Crippen LogP contribution >= 0.6 is 0 Å². The molecule has 0 aromatic carbocycles. The molecule has 2 spiro atoms. The molecule has 8 fully saturated rings. The smallest absolute Gasteiger partial charge is 0.113 e. The van der Waals surface area contributed by atoms with E-state index in [0.717, 1.165) is 47.3 Å². The molecule has 1 heteroatoms. The minimum atomic E-state index is 0.334. The lowest BCUT2D eigenvalue weighted by Gasteiger charge is -2.43. The summed E-state index contributed by atoms with van der Waals surface area (Å²) in [4.78, 5) is 0. The minimum absolute atomic E-state index is 0.334. The monoisotopic (exact) mass is 252 g/mol. The molecule has 10 atom stereocenters. The standard InChI is InChI=1S/C18H20O/c1-5(2)7-13-9-10-12-11(9)15-8(6(3)4)16(12)18(14(7)10)17(13,15)19-18/h9-16H,1-4H3/t9?,10?,11?,12?,13-,14-,15+,16+,17?,18?. The molecule has 0 N–H and O–H groups in total. The van der Waals surface area contributed by atoms with Crippen LogP contribution in [-0.4, -0.2) is 11.2 Å². The summed E-state index contributed by atoms with van der Waals surface area (Å²) < 4.78 is 6.67. The molecule has 19 heavy (non-hydrogen) atoms. The molecule has 6 unspecified atom stereocenters. The van der Waals surface area contributed by atoms with Crippen LogP contribution in [0.15, 0.2) is 22.3 Å². The van der Waals surface area contributed by atoms with E-state index in [-0.39, 0.29) is 0 Å². The zero-order valence-electron chi connectivity index (χ0n) is 12.0. The van der Waals surface area contributed by atoms with Crippen molar-refractivity contribution in [1.82, 2.24) is 0 Å². The lowest BCUT2D eigenvalue weighted by molar-refractivity contribution is 0.0202. The highest BCUT2D eigenvalue weighted by Gasteiger charge is 3.08. The first-order valence-electron chi connectivity index (χ1n) is 8.13. The molecule has 1 saturated heterocycles. The van der Waals surface area contributed by atoms with Crippen LogP contribution in [0.2, 0.25) is 0 Å². The molecule has 7 saturated carbocycles. The van der Waals surface area contributed by atoms with Crippen LogP contribution in [-0.2, 0) is 4.74 Å². The Kier molecular flexibility index (Phi) is 0.993. The Labute approximate surface area is 114 Å². The van der Waals surface area contributed by atoms with Gasteiger partial charge >= 0.3 is 0 Å². The second-order valence-electron chi connectivity index (χ2n) is 8.82. The molecular formula is C18H20O. The van der Waals surface area contributed by atoms with Crippen LogP contribution < -0.4 is 0 Å². The van der Waals surface area contributed by atoms with E-state index in [1.54, 1.807) is 11.1 Å². The van der Waals surface area contributed by atoms with Gasteiger partial charge in [-0.25, -0.2) is 0 Å². The number of rotatable bonds is 0. The molecule has 98 valence electrons. The summed E-state index contributed by atoms with van der Waals surface area (Å²) in [5, 5.41) is 0. The summed E-state index contributed by atoms with van der Waals surface area (Å²) in [5.74, 6) is 7.51. The Morgan fingerprint density at radius 1 is 0.684 bits per heavy atom. The van der Waals surface area contributed by atoms with E-state index in [0.29, 0.717) is 11.2 Å². The maximum atomic E-state index is 6.67. The van der Waals surface area contributed by atoms with Gasteiger partial charge in [-0.3, -0.25) is 0 Å². The van der Waals surface area contributed by atoms with Crippen LogP contribution in [0.25, 0.3) is 0 Å². The van der Waals surface area contributed by atoms with Crippen LogP contribution in [0.3, 0.4) is 0 Å². The van der Waals surface area contributed by atoms with Crippen molar-refractivity contribution in [2.45, 2.75) is 38.9 Å². The van der Waals surface area contributed by atoms with Crippen molar-refractivity contribution < 1.29 is 4.74 Å². The fraction of sp³-hybridized carbons (Fsp3) is 0.778. The summed E-state index contributed by atoms with van der Waals surface area (Å²) in [5.41, 5.74) is 7.70. The predicted molar refractivity (Wildman–Crippen MR) is 71.2 cm³/mol. The van der Waals surface area contributed by atoms with Gasteiger partial charge in [0, 0.05) is 23.7 Å². The number of hydrogen-bond donors (Lipinski definition) is 0. The lowest BCUT2D eigenvalue weighted by atomic mass is 9.60. The first kappa shape index (κ1) is 9.39. The van der Waals surface area contributed by atoms with Gasteiger partial charge in [-0.2, -0.15) is 0 Å². The molecule has 1 aliphatic heterocycles. The molecule has 0 aromatic rings. The van der Waals surface area contributed by atoms with Gasteiger partial charge in [-0.15, -0.1) is 0 Å². The van der Waals surface area contributed by atoms with E-state index >= 15 is 0 Å². The van der Waals surface area contributed by atoms with E-state index in [1.165, 1.54) is 0 Å². The van der Waals surface area contributed by atoms with Gasteiger partial charge < -0.3 is 4.74 Å².